The first kappa shape index (κ1) is 16.7. The number of aromatic nitrogens is 2. The number of hydrogen-bond acceptors (Lipinski definition) is 4. The summed E-state index contributed by atoms with van der Waals surface area (Å²) in [6, 6.07) is 14.8. The molecule has 1 aromatic heterocycles. The number of aryl methyl sites for hydroxylation is 1. The molecule has 0 atom stereocenters. The summed E-state index contributed by atoms with van der Waals surface area (Å²) < 4.78 is 1.60. The molecule has 0 bridgehead atoms. The van der Waals surface area contributed by atoms with E-state index in [2.05, 4.69) is 10.4 Å². The lowest BCUT2D eigenvalue weighted by Crippen LogP contribution is -2.15. The second-order valence-electron chi connectivity index (χ2n) is 5.29. The Morgan fingerprint density at radius 2 is 1.92 bits per heavy atom. The van der Waals surface area contributed by atoms with Gasteiger partial charge in [0.05, 0.1) is 26.9 Å². The fraction of sp³-hybridized carbons (Fsp3) is 0.0588. The molecule has 3 aromatic rings. The van der Waals surface area contributed by atoms with E-state index in [0.29, 0.717) is 5.82 Å². The molecule has 1 amide bonds. The number of halogens is 1. The molecule has 1 heterocycles. The van der Waals surface area contributed by atoms with E-state index in [1.807, 2.05) is 37.3 Å². The van der Waals surface area contributed by atoms with E-state index < -0.39 is 10.8 Å². The van der Waals surface area contributed by atoms with Crippen LogP contribution in [0.4, 0.5) is 11.5 Å². The molecule has 126 valence electrons. The third-order valence-corrected chi connectivity index (χ3v) is 3.79. The Balaban J connectivity index is 1.91. The predicted octanol–water partition coefficient (Wildman–Crippen LogP) is 3.99. The lowest BCUT2D eigenvalue weighted by atomic mass is 10.2. The number of benzene rings is 2. The molecular weight excluding hydrogens is 344 g/mol. The number of nitro benzene ring substituents is 1. The van der Waals surface area contributed by atoms with Crippen molar-refractivity contribution in [1.82, 2.24) is 9.78 Å². The van der Waals surface area contributed by atoms with Crippen LogP contribution >= 0.6 is 11.6 Å². The zero-order chi connectivity index (χ0) is 18.0. The van der Waals surface area contributed by atoms with Gasteiger partial charge in [-0.15, -0.1) is 0 Å². The van der Waals surface area contributed by atoms with Crippen LogP contribution in [0.2, 0.25) is 5.02 Å². The van der Waals surface area contributed by atoms with E-state index in [1.165, 1.54) is 12.1 Å². The first-order chi connectivity index (χ1) is 12.0. The Labute approximate surface area is 148 Å². The van der Waals surface area contributed by atoms with Crippen molar-refractivity contribution in [3.63, 3.8) is 0 Å². The Kier molecular flexibility index (Phi) is 4.49. The number of anilines is 1. The Morgan fingerprint density at radius 1 is 1.20 bits per heavy atom. The van der Waals surface area contributed by atoms with Crippen molar-refractivity contribution in [2.45, 2.75) is 6.92 Å². The molecule has 1 N–H and O–H groups in total. The molecule has 0 saturated carbocycles. The van der Waals surface area contributed by atoms with E-state index in [-0.39, 0.29) is 16.3 Å². The number of hydrogen-bond donors (Lipinski definition) is 1. The number of rotatable bonds is 4. The fourth-order valence-electron chi connectivity index (χ4n) is 2.34. The van der Waals surface area contributed by atoms with E-state index in [1.54, 1.807) is 10.7 Å². The van der Waals surface area contributed by atoms with Crippen LogP contribution in [0.1, 0.15) is 16.1 Å². The van der Waals surface area contributed by atoms with Crippen molar-refractivity contribution in [3.05, 3.63) is 81.0 Å². The Hall–Kier alpha value is -3.19. The molecule has 7 nitrogen and oxygen atoms in total. The summed E-state index contributed by atoms with van der Waals surface area (Å²) in [7, 11) is 0. The molecule has 25 heavy (non-hydrogen) atoms. The summed E-state index contributed by atoms with van der Waals surface area (Å²) in [5.41, 5.74) is 1.49. The van der Waals surface area contributed by atoms with Crippen LogP contribution in [0.15, 0.2) is 54.6 Å². The largest absolute Gasteiger partial charge is 0.306 e. The Bertz CT molecular complexity index is 954. The van der Waals surface area contributed by atoms with Gasteiger partial charge < -0.3 is 5.32 Å². The van der Waals surface area contributed by atoms with E-state index in [9.17, 15) is 14.9 Å². The first-order valence-corrected chi connectivity index (χ1v) is 7.71. The number of carbonyl (C=O) groups excluding carboxylic acids is 1. The molecule has 0 aliphatic carbocycles. The van der Waals surface area contributed by atoms with Gasteiger partial charge in [-0.25, -0.2) is 4.68 Å². The Morgan fingerprint density at radius 3 is 2.56 bits per heavy atom. The lowest BCUT2D eigenvalue weighted by Gasteiger charge is -2.09. The maximum atomic E-state index is 12.5. The summed E-state index contributed by atoms with van der Waals surface area (Å²) in [6.07, 6.45) is 0. The van der Waals surface area contributed by atoms with E-state index in [4.69, 9.17) is 11.6 Å². The van der Waals surface area contributed by atoms with Gasteiger partial charge in [0.1, 0.15) is 5.82 Å². The molecule has 0 unspecified atom stereocenters. The third-order valence-electron chi connectivity index (χ3n) is 3.48. The van der Waals surface area contributed by atoms with Gasteiger partial charge in [-0.1, -0.05) is 29.8 Å². The minimum atomic E-state index is -0.568. The summed E-state index contributed by atoms with van der Waals surface area (Å²) in [5.74, 6) is 0.0000912. The van der Waals surface area contributed by atoms with Gasteiger partial charge in [-0.05, 0) is 25.1 Å². The topological polar surface area (TPSA) is 90.1 Å². The molecule has 0 aliphatic heterocycles. The zero-order valence-corrected chi connectivity index (χ0v) is 13.9. The highest BCUT2D eigenvalue weighted by atomic mass is 35.5. The standard InChI is InChI=1S/C17H13ClN4O3/c1-11-9-16(21(20-11)12-5-3-2-4-6-12)19-17(23)14-8-7-13(22(24)25)10-15(14)18/h2-10H,1H3,(H,19,23). The molecule has 8 heteroatoms. The lowest BCUT2D eigenvalue weighted by molar-refractivity contribution is -0.384. The van der Waals surface area contributed by atoms with Crippen molar-refractivity contribution in [3.8, 4) is 5.69 Å². The van der Waals surface area contributed by atoms with Crippen molar-refractivity contribution in [1.29, 1.82) is 0 Å². The molecule has 3 rings (SSSR count). The van der Waals surface area contributed by atoms with Crippen LogP contribution in [-0.2, 0) is 0 Å². The van der Waals surface area contributed by atoms with E-state index in [0.717, 1.165) is 17.4 Å². The number of nitrogens with one attached hydrogen (secondary N) is 1. The highest BCUT2D eigenvalue weighted by Crippen LogP contribution is 2.24. The van der Waals surface area contributed by atoms with Crippen LogP contribution in [0.3, 0.4) is 0 Å². The highest BCUT2D eigenvalue weighted by Gasteiger charge is 2.17. The number of nitro groups is 1. The van der Waals surface area contributed by atoms with Crippen LogP contribution in [0.5, 0.6) is 0 Å². The maximum absolute atomic E-state index is 12.5. The number of amides is 1. The second-order valence-corrected chi connectivity index (χ2v) is 5.70. The van der Waals surface area contributed by atoms with Gasteiger partial charge in [0.15, 0.2) is 0 Å². The van der Waals surface area contributed by atoms with Gasteiger partial charge in [0, 0.05) is 18.2 Å². The minimum Gasteiger partial charge on any atom is -0.306 e. The second kappa shape index (κ2) is 6.74. The molecule has 0 saturated heterocycles. The SMILES string of the molecule is Cc1cc(NC(=O)c2ccc([N+](=O)[O-])cc2Cl)n(-c2ccccc2)n1. The normalized spacial score (nSPS) is 10.5. The van der Waals surface area contributed by atoms with Crippen LogP contribution in [0, 0.1) is 17.0 Å². The average molecular weight is 357 g/mol. The minimum absolute atomic E-state index is 0.00852. The molecule has 0 spiro atoms. The number of nitrogens with zero attached hydrogens (tertiary/aromatic N) is 3. The maximum Gasteiger partial charge on any atom is 0.270 e. The van der Waals surface area contributed by atoms with Crippen molar-refractivity contribution in [2.24, 2.45) is 0 Å². The number of para-hydroxylation sites is 1. The fourth-order valence-corrected chi connectivity index (χ4v) is 2.60. The molecule has 2 aromatic carbocycles. The monoisotopic (exact) mass is 356 g/mol. The van der Waals surface area contributed by atoms with E-state index >= 15 is 0 Å². The van der Waals surface area contributed by atoms with Gasteiger partial charge in [0.25, 0.3) is 11.6 Å². The van der Waals surface area contributed by atoms with Gasteiger partial charge in [-0.3, -0.25) is 14.9 Å². The van der Waals surface area contributed by atoms with Gasteiger partial charge >= 0.3 is 0 Å². The summed E-state index contributed by atoms with van der Waals surface area (Å²) in [4.78, 5) is 22.7. The summed E-state index contributed by atoms with van der Waals surface area (Å²) in [6.45, 7) is 1.81. The average Bonchev–Trinajstić information content (AvgIpc) is 2.95. The van der Waals surface area contributed by atoms with Crippen LogP contribution in [0.25, 0.3) is 5.69 Å². The van der Waals surface area contributed by atoms with Crippen molar-refractivity contribution in [2.75, 3.05) is 5.32 Å². The summed E-state index contributed by atoms with van der Waals surface area (Å²) in [5, 5.41) is 17.9. The number of carbonyl (C=O) groups is 1. The molecule has 0 radical (unpaired) electrons. The first-order valence-electron chi connectivity index (χ1n) is 7.33. The van der Waals surface area contributed by atoms with Crippen LogP contribution < -0.4 is 5.32 Å². The van der Waals surface area contributed by atoms with Crippen molar-refractivity contribution >= 4 is 29.0 Å². The highest BCUT2D eigenvalue weighted by molar-refractivity contribution is 6.34. The zero-order valence-electron chi connectivity index (χ0n) is 13.1. The smallest absolute Gasteiger partial charge is 0.270 e. The molecule has 0 fully saturated rings. The third kappa shape index (κ3) is 3.51. The molecule has 0 aliphatic rings. The predicted molar refractivity (Wildman–Crippen MR) is 94.4 cm³/mol. The quantitative estimate of drug-likeness (QED) is 0.565. The van der Waals surface area contributed by atoms with Crippen molar-refractivity contribution < 1.29 is 9.72 Å². The van der Waals surface area contributed by atoms with Crippen LogP contribution in [-0.4, -0.2) is 20.6 Å². The summed E-state index contributed by atoms with van der Waals surface area (Å²) >= 11 is 6.01. The molecular formula is C17H13ClN4O3. The number of non-ortho nitro benzene ring substituents is 1. The van der Waals surface area contributed by atoms with Gasteiger partial charge in [-0.2, -0.15) is 5.10 Å². The van der Waals surface area contributed by atoms with Gasteiger partial charge in [0.2, 0.25) is 0 Å².